The van der Waals surface area contributed by atoms with Crippen LogP contribution >= 0.6 is 11.3 Å². The Labute approximate surface area is 162 Å². The summed E-state index contributed by atoms with van der Waals surface area (Å²) in [5.41, 5.74) is 1.35. The van der Waals surface area contributed by atoms with Gasteiger partial charge >= 0.3 is 0 Å². The highest BCUT2D eigenvalue weighted by Crippen LogP contribution is 2.35. The quantitative estimate of drug-likeness (QED) is 0.700. The SMILES string of the molecule is CCOc1ccc(NC2=C(c3cccs3)C(=O)N(CC)C2=O)cc1OCC. The standard InChI is InChI=1S/C20H22N2O4S/c1-4-22-19(23)17(16-8-7-11-27-16)18(20(22)24)21-13-9-10-14(25-5-2)15(12-13)26-6-3/h7-12,21H,4-6H2,1-3H3. The third-order valence-corrected chi connectivity index (χ3v) is 4.95. The maximum atomic E-state index is 12.8. The summed E-state index contributed by atoms with van der Waals surface area (Å²) in [7, 11) is 0. The van der Waals surface area contributed by atoms with Crippen LogP contribution in [0.3, 0.4) is 0 Å². The smallest absolute Gasteiger partial charge is 0.278 e. The molecule has 0 atom stereocenters. The van der Waals surface area contributed by atoms with Gasteiger partial charge in [-0.25, -0.2) is 0 Å². The molecule has 0 aliphatic carbocycles. The van der Waals surface area contributed by atoms with Gasteiger partial charge in [0.1, 0.15) is 5.70 Å². The molecule has 0 saturated heterocycles. The van der Waals surface area contributed by atoms with Crippen LogP contribution in [0.25, 0.3) is 5.57 Å². The number of carbonyl (C=O) groups excluding carboxylic acids is 2. The van der Waals surface area contributed by atoms with Gasteiger partial charge in [-0.3, -0.25) is 14.5 Å². The number of hydrogen-bond donors (Lipinski definition) is 1. The average molecular weight is 386 g/mol. The van der Waals surface area contributed by atoms with E-state index >= 15 is 0 Å². The monoisotopic (exact) mass is 386 g/mol. The predicted octanol–water partition coefficient (Wildman–Crippen LogP) is 3.76. The molecule has 0 spiro atoms. The van der Waals surface area contributed by atoms with Crippen molar-refractivity contribution < 1.29 is 19.1 Å². The predicted molar refractivity (Wildman–Crippen MR) is 106 cm³/mol. The lowest BCUT2D eigenvalue weighted by molar-refractivity contribution is -0.136. The lowest BCUT2D eigenvalue weighted by atomic mass is 10.2. The van der Waals surface area contributed by atoms with Crippen LogP contribution < -0.4 is 14.8 Å². The number of hydrogen-bond acceptors (Lipinski definition) is 6. The van der Waals surface area contributed by atoms with Crippen LogP contribution in [-0.2, 0) is 9.59 Å². The Morgan fingerprint density at radius 1 is 1.00 bits per heavy atom. The Kier molecular flexibility index (Phi) is 5.81. The largest absolute Gasteiger partial charge is 0.490 e. The van der Waals surface area contributed by atoms with Gasteiger partial charge in [-0.2, -0.15) is 0 Å². The summed E-state index contributed by atoms with van der Waals surface area (Å²) in [5.74, 6) is 0.634. The Morgan fingerprint density at radius 3 is 2.37 bits per heavy atom. The van der Waals surface area contributed by atoms with Crippen LogP contribution in [0.15, 0.2) is 41.4 Å². The second-order valence-corrected chi connectivity index (χ2v) is 6.68. The summed E-state index contributed by atoms with van der Waals surface area (Å²) in [6, 6.07) is 9.08. The number of benzene rings is 1. The molecule has 0 radical (unpaired) electrons. The molecule has 1 aliphatic rings. The van der Waals surface area contributed by atoms with E-state index in [1.54, 1.807) is 25.1 Å². The normalized spacial score (nSPS) is 14.1. The number of amides is 2. The molecule has 2 amide bonds. The summed E-state index contributed by atoms with van der Waals surface area (Å²) in [5, 5.41) is 5.02. The second kappa shape index (κ2) is 8.26. The second-order valence-electron chi connectivity index (χ2n) is 5.73. The molecule has 7 heteroatoms. The molecule has 27 heavy (non-hydrogen) atoms. The van der Waals surface area contributed by atoms with Crippen molar-refractivity contribution in [2.75, 3.05) is 25.1 Å². The van der Waals surface area contributed by atoms with Gasteiger partial charge in [0, 0.05) is 23.2 Å². The average Bonchev–Trinajstić information content (AvgIpc) is 3.25. The summed E-state index contributed by atoms with van der Waals surface area (Å²) >= 11 is 1.43. The molecular weight excluding hydrogens is 364 g/mol. The molecule has 3 rings (SSSR count). The van der Waals surface area contributed by atoms with Gasteiger partial charge in [0.25, 0.3) is 11.8 Å². The van der Waals surface area contributed by atoms with Crippen LogP contribution in [0, 0.1) is 0 Å². The first-order chi connectivity index (χ1) is 13.1. The maximum absolute atomic E-state index is 12.8. The Morgan fingerprint density at radius 2 is 1.74 bits per heavy atom. The van der Waals surface area contributed by atoms with Crippen LogP contribution in [-0.4, -0.2) is 36.5 Å². The zero-order chi connectivity index (χ0) is 19.4. The molecule has 2 aromatic rings. The lowest BCUT2D eigenvalue weighted by Gasteiger charge is -2.14. The van der Waals surface area contributed by atoms with Crippen molar-refractivity contribution in [2.45, 2.75) is 20.8 Å². The number of rotatable bonds is 8. The molecule has 0 bridgehead atoms. The fraction of sp³-hybridized carbons (Fsp3) is 0.300. The van der Waals surface area contributed by atoms with E-state index in [9.17, 15) is 9.59 Å². The van der Waals surface area contributed by atoms with Gasteiger partial charge in [-0.1, -0.05) is 6.07 Å². The third-order valence-electron chi connectivity index (χ3n) is 4.06. The lowest BCUT2D eigenvalue weighted by Crippen LogP contribution is -2.32. The first kappa shape index (κ1) is 19.0. The molecule has 1 N–H and O–H groups in total. The van der Waals surface area contributed by atoms with E-state index in [4.69, 9.17) is 9.47 Å². The first-order valence-corrected chi connectivity index (χ1v) is 9.79. The van der Waals surface area contributed by atoms with Crippen molar-refractivity contribution in [1.29, 1.82) is 0 Å². The van der Waals surface area contributed by atoms with Gasteiger partial charge in [-0.05, 0) is 44.4 Å². The zero-order valence-electron chi connectivity index (χ0n) is 15.6. The minimum atomic E-state index is -0.322. The van der Waals surface area contributed by atoms with Gasteiger partial charge in [0.15, 0.2) is 11.5 Å². The number of nitrogens with zero attached hydrogens (tertiary/aromatic N) is 1. The fourth-order valence-corrected chi connectivity index (χ4v) is 3.67. The van der Waals surface area contributed by atoms with Crippen molar-refractivity contribution >= 4 is 34.4 Å². The summed E-state index contributed by atoms with van der Waals surface area (Å²) in [6.07, 6.45) is 0. The highest BCUT2D eigenvalue weighted by Gasteiger charge is 2.38. The number of likely N-dealkylation sites (N-methyl/N-ethyl adjacent to an activating group) is 1. The molecule has 0 fully saturated rings. The van der Waals surface area contributed by atoms with Gasteiger partial charge in [-0.15, -0.1) is 11.3 Å². The number of imide groups is 1. The third kappa shape index (κ3) is 3.68. The van der Waals surface area contributed by atoms with Gasteiger partial charge < -0.3 is 14.8 Å². The van der Waals surface area contributed by atoms with Crippen LogP contribution in [0.5, 0.6) is 11.5 Å². The molecular formula is C20H22N2O4S. The van der Waals surface area contributed by atoms with Crippen LogP contribution in [0.1, 0.15) is 25.6 Å². The number of thiophene rings is 1. The number of carbonyl (C=O) groups is 2. The molecule has 1 aromatic heterocycles. The van der Waals surface area contributed by atoms with Gasteiger partial charge in [0.05, 0.1) is 18.8 Å². The molecule has 2 heterocycles. The van der Waals surface area contributed by atoms with Crippen molar-refractivity contribution in [1.82, 2.24) is 4.90 Å². The van der Waals surface area contributed by atoms with Crippen LogP contribution in [0.4, 0.5) is 5.69 Å². The van der Waals surface area contributed by atoms with E-state index in [1.165, 1.54) is 16.2 Å². The summed E-state index contributed by atoms with van der Waals surface area (Å²) in [4.78, 5) is 27.5. The summed E-state index contributed by atoms with van der Waals surface area (Å²) in [6.45, 7) is 6.93. The van der Waals surface area contributed by atoms with Crippen molar-refractivity contribution in [3.63, 3.8) is 0 Å². The topological polar surface area (TPSA) is 67.9 Å². The summed E-state index contributed by atoms with van der Waals surface area (Å²) < 4.78 is 11.2. The highest BCUT2D eigenvalue weighted by molar-refractivity contribution is 7.11. The maximum Gasteiger partial charge on any atom is 0.278 e. The highest BCUT2D eigenvalue weighted by atomic mass is 32.1. The molecule has 1 aromatic carbocycles. The van der Waals surface area contributed by atoms with Crippen molar-refractivity contribution in [2.24, 2.45) is 0 Å². The Balaban J connectivity index is 2.00. The molecule has 142 valence electrons. The molecule has 0 unspecified atom stereocenters. The molecule has 6 nitrogen and oxygen atoms in total. The van der Waals surface area contributed by atoms with Crippen molar-refractivity contribution in [3.05, 3.63) is 46.3 Å². The molecule has 0 saturated carbocycles. The van der Waals surface area contributed by atoms with E-state index in [1.807, 2.05) is 31.4 Å². The van der Waals surface area contributed by atoms with Crippen molar-refractivity contribution in [3.8, 4) is 11.5 Å². The van der Waals surface area contributed by atoms with E-state index in [2.05, 4.69) is 5.32 Å². The Hall–Kier alpha value is -2.80. The number of anilines is 1. The first-order valence-electron chi connectivity index (χ1n) is 8.91. The minimum Gasteiger partial charge on any atom is -0.490 e. The number of ether oxygens (including phenoxy) is 2. The van der Waals surface area contributed by atoms with E-state index in [0.717, 1.165) is 4.88 Å². The van der Waals surface area contributed by atoms with Crippen LogP contribution in [0.2, 0.25) is 0 Å². The van der Waals surface area contributed by atoms with E-state index in [0.29, 0.717) is 42.5 Å². The fourth-order valence-electron chi connectivity index (χ4n) is 2.90. The zero-order valence-corrected chi connectivity index (χ0v) is 16.4. The number of nitrogens with one attached hydrogen (secondary N) is 1. The Bertz CT molecular complexity index is 874. The van der Waals surface area contributed by atoms with E-state index < -0.39 is 0 Å². The van der Waals surface area contributed by atoms with Gasteiger partial charge in [0.2, 0.25) is 0 Å². The van der Waals surface area contributed by atoms with E-state index in [-0.39, 0.29) is 17.5 Å². The minimum absolute atomic E-state index is 0.275. The molecule has 1 aliphatic heterocycles.